The van der Waals surface area contributed by atoms with Gasteiger partial charge in [-0.3, -0.25) is 0 Å². The number of rotatable bonds is 6. The highest BCUT2D eigenvalue weighted by Crippen LogP contribution is 2.28. The number of hydrogen-bond donors (Lipinski definition) is 1. The van der Waals surface area contributed by atoms with Crippen LogP contribution in [0.2, 0.25) is 0 Å². The van der Waals surface area contributed by atoms with Gasteiger partial charge in [0.2, 0.25) is 0 Å². The lowest BCUT2D eigenvalue weighted by molar-refractivity contribution is 0.0996. The smallest absolute Gasteiger partial charge is 0.0725 e. The van der Waals surface area contributed by atoms with E-state index in [1.165, 1.54) is 29.5 Å². The highest BCUT2D eigenvalue weighted by Gasteiger charge is 2.20. The standard InChI is InChI=1S/C17H25NO2/c1-2-18-17(8-7-16-4-3-9-20-16)13-5-6-14-11-19-12-15(14)10-13/h5-6,10,16-18H,2-4,7-9,11-12H2,1H3. The van der Waals surface area contributed by atoms with E-state index in [1.54, 1.807) is 0 Å². The normalized spacial score (nSPS) is 22.9. The summed E-state index contributed by atoms with van der Waals surface area (Å²) in [4.78, 5) is 0. The van der Waals surface area contributed by atoms with Crippen LogP contribution in [0.4, 0.5) is 0 Å². The molecule has 0 aromatic heterocycles. The first-order valence-corrected chi connectivity index (χ1v) is 7.91. The maximum absolute atomic E-state index is 5.74. The molecule has 110 valence electrons. The second kappa shape index (κ2) is 6.70. The Bertz CT molecular complexity index is 441. The number of ether oxygens (including phenoxy) is 2. The zero-order valence-corrected chi connectivity index (χ0v) is 12.4. The fraction of sp³-hybridized carbons (Fsp3) is 0.647. The SMILES string of the molecule is CCNC(CCC1CCCO1)c1ccc2c(c1)COC2. The van der Waals surface area contributed by atoms with Crippen LogP contribution >= 0.6 is 0 Å². The highest BCUT2D eigenvalue weighted by atomic mass is 16.5. The maximum Gasteiger partial charge on any atom is 0.0725 e. The quantitative estimate of drug-likeness (QED) is 0.864. The van der Waals surface area contributed by atoms with Crippen LogP contribution in [-0.2, 0) is 22.7 Å². The first-order valence-electron chi connectivity index (χ1n) is 7.91. The molecule has 0 amide bonds. The molecule has 0 radical (unpaired) electrons. The van der Waals surface area contributed by atoms with Gasteiger partial charge >= 0.3 is 0 Å². The van der Waals surface area contributed by atoms with Crippen molar-refractivity contribution in [2.45, 2.75) is 58.0 Å². The van der Waals surface area contributed by atoms with Gasteiger partial charge in [0.25, 0.3) is 0 Å². The van der Waals surface area contributed by atoms with Crippen LogP contribution in [0.25, 0.3) is 0 Å². The molecule has 2 aliphatic heterocycles. The van der Waals surface area contributed by atoms with Gasteiger partial charge in [0.1, 0.15) is 0 Å². The van der Waals surface area contributed by atoms with Crippen LogP contribution in [-0.4, -0.2) is 19.3 Å². The fourth-order valence-electron chi connectivity index (χ4n) is 3.27. The molecule has 3 rings (SSSR count). The van der Waals surface area contributed by atoms with Gasteiger partial charge in [-0.2, -0.15) is 0 Å². The molecule has 0 saturated carbocycles. The van der Waals surface area contributed by atoms with Crippen LogP contribution < -0.4 is 5.32 Å². The monoisotopic (exact) mass is 275 g/mol. The van der Waals surface area contributed by atoms with E-state index < -0.39 is 0 Å². The summed E-state index contributed by atoms with van der Waals surface area (Å²) < 4.78 is 11.3. The van der Waals surface area contributed by atoms with Gasteiger partial charge < -0.3 is 14.8 Å². The van der Waals surface area contributed by atoms with Crippen molar-refractivity contribution in [3.05, 3.63) is 34.9 Å². The zero-order chi connectivity index (χ0) is 13.8. The predicted molar refractivity (Wildman–Crippen MR) is 79.6 cm³/mol. The van der Waals surface area contributed by atoms with Crippen LogP contribution in [0.1, 0.15) is 55.3 Å². The van der Waals surface area contributed by atoms with E-state index in [0.29, 0.717) is 12.1 Å². The van der Waals surface area contributed by atoms with Crippen molar-refractivity contribution in [3.8, 4) is 0 Å². The van der Waals surface area contributed by atoms with Crippen LogP contribution in [0.15, 0.2) is 18.2 Å². The molecule has 3 nitrogen and oxygen atoms in total. The van der Waals surface area contributed by atoms with Gasteiger partial charge in [0.15, 0.2) is 0 Å². The summed E-state index contributed by atoms with van der Waals surface area (Å²) in [5.74, 6) is 0. The predicted octanol–water partition coefficient (Wildman–Crippen LogP) is 3.33. The lowest BCUT2D eigenvalue weighted by Crippen LogP contribution is -2.22. The Kier molecular flexibility index (Phi) is 4.71. The minimum absolute atomic E-state index is 0.440. The minimum Gasteiger partial charge on any atom is -0.378 e. The Morgan fingerprint density at radius 2 is 2.20 bits per heavy atom. The van der Waals surface area contributed by atoms with Crippen LogP contribution in [0.5, 0.6) is 0 Å². The number of fused-ring (bicyclic) bond motifs is 1. The summed E-state index contributed by atoms with van der Waals surface area (Å²) in [6.07, 6.45) is 5.25. The van der Waals surface area contributed by atoms with Crippen molar-refractivity contribution in [2.75, 3.05) is 13.2 Å². The van der Waals surface area contributed by atoms with E-state index in [0.717, 1.165) is 39.2 Å². The number of nitrogens with one attached hydrogen (secondary N) is 1. The molecule has 1 aromatic rings. The van der Waals surface area contributed by atoms with Crippen molar-refractivity contribution in [1.29, 1.82) is 0 Å². The van der Waals surface area contributed by atoms with E-state index in [-0.39, 0.29) is 0 Å². The summed E-state index contributed by atoms with van der Waals surface area (Å²) in [6.45, 7) is 5.68. The molecular weight excluding hydrogens is 250 g/mol. The van der Waals surface area contributed by atoms with E-state index in [9.17, 15) is 0 Å². The van der Waals surface area contributed by atoms with Crippen LogP contribution in [0, 0.1) is 0 Å². The average Bonchev–Trinajstić information content (AvgIpc) is 3.13. The Hall–Kier alpha value is -0.900. The number of hydrogen-bond acceptors (Lipinski definition) is 3. The van der Waals surface area contributed by atoms with Gasteiger partial charge in [-0.05, 0) is 48.9 Å². The van der Waals surface area contributed by atoms with Gasteiger partial charge in [0, 0.05) is 12.6 Å². The van der Waals surface area contributed by atoms with Gasteiger partial charge in [-0.15, -0.1) is 0 Å². The highest BCUT2D eigenvalue weighted by molar-refractivity contribution is 5.34. The zero-order valence-electron chi connectivity index (χ0n) is 12.4. The second-order valence-corrected chi connectivity index (χ2v) is 5.84. The molecule has 20 heavy (non-hydrogen) atoms. The summed E-state index contributed by atoms with van der Waals surface area (Å²) in [5, 5.41) is 3.62. The molecule has 1 N–H and O–H groups in total. The fourth-order valence-corrected chi connectivity index (χ4v) is 3.27. The molecule has 2 atom stereocenters. The number of benzene rings is 1. The topological polar surface area (TPSA) is 30.5 Å². The van der Waals surface area contributed by atoms with Crippen molar-refractivity contribution in [3.63, 3.8) is 0 Å². The lowest BCUT2D eigenvalue weighted by atomic mass is 9.96. The maximum atomic E-state index is 5.74. The van der Waals surface area contributed by atoms with Gasteiger partial charge in [0.05, 0.1) is 19.3 Å². The van der Waals surface area contributed by atoms with E-state index in [4.69, 9.17) is 9.47 Å². The molecule has 0 spiro atoms. The third-order valence-electron chi connectivity index (χ3n) is 4.40. The molecule has 2 aliphatic rings. The summed E-state index contributed by atoms with van der Waals surface area (Å²) in [7, 11) is 0. The molecule has 1 fully saturated rings. The third-order valence-corrected chi connectivity index (χ3v) is 4.40. The molecule has 0 aliphatic carbocycles. The molecule has 2 unspecified atom stereocenters. The van der Waals surface area contributed by atoms with E-state index >= 15 is 0 Å². The first-order chi connectivity index (χ1) is 9.86. The summed E-state index contributed by atoms with van der Waals surface area (Å²) in [5.41, 5.74) is 4.11. The molecule has 1 saturated heterocycles. The Morgan fingerprint density at radius 1 is 1.30 bits per heavy atom. The average molecular weight is 275 g/mol. The molecule has 1 aromatic carbocycles. The molecule has 2 heterocycles. The van der Waals surface area contributed by atoms with E-state index in [1.807, 2.05) is 0 Å². The lowest BCUT2D eigenvalue weighted by Gasteiger charge is -2.21. The Labute approximate surface area is 121 Å². The summed E-state index contributed by atoms with van der Waals surface area (Å²) >= 11 is 0. The molecule has 3 heteroatoms. The van der Waals surface area contributed by atoms with Crippen molar-refractivity contribution in [1.82, 2.24) is 5.32 Å². The largest absolute Gasteiger partial charge is 0.378 e. The second-order valence-electron chi connectivity index (χ2n) is 5.84. The summed E-state index contributed by atoms with van der Waals surface area (Å²) in [6, 6.07) is 7.25. The van der Waals surface area contributed by atoms with Crippen molar-refractivity contribution >= 4 is 0 Å². The van der Waals surface area contributed by atoms with Crippen LogP contribution in [0.3, 0.4) is 0 Å². The van der Waals surface area contributed by atoms with Gasteiger partial charge in [-0.1, -0.05) is 25.1 Å². The first kappa shape index (κ1) is 14.1. The van der Waals surface area contributed by atoms with Crippen molar-refractivity contribution in [2.24, 2.45) is 0 Å². The van der Waals surface area contributed by atoms with E-state index in [2.05, 4.69) is 30.4 Å². The van der Waals surface area contributed by atoms with Gasteiger partial charge in [-0.25, -0.2) is 0 Å². The Morgan fingerprint density at radius 3 is 3.00 bits per heavy atom. The van der Waals surface area contributed by atoms with Crippen molar-refractivity contribution < 1.29 is 9.47 Å². The molecular formula is C17H25NO2. The third kappa shape index (κ3) is 3.22. The Balaban J connectivity index is 1.65. The molecule has 0 bridgehead atoms. The minimum atomic E-state index is 0.440.